The summed E-state index contributed by atoms with van der Waals surface area (Å²) in [6.45, 7) is 0. The Kier molecular flexibility index (Phi) is 2.89. The van der Waals surface area contributed by atoms with Gasteiger partial charge in [-0.05, 0) is 17.5 Å². The Morgan fingerprint density at radius 3 is 2.40 bits per heavy atom. The van der Waals surface area contributed by atoms with Crippen LogP contribution in [0.15, 0.2) is 30.3 Å². The van der Waals surface area contributed by atoms with E-state index in [0.29, 0.717) is 15.5 Å². The highest BCUT2D eigenvalue weighted by Crippen LogP contribution is 2.24. The third kappa shape index (κ3) is 1.97. The van der Waals surface area contributed by atoms with Crippen molar-refractivity contribution in [2.24, 2.45) is 0 Å². The van der Waals surface area contributed by atoms with Gasteiger partial charge in [0.05, 0.1) is 0 Å². The molecule has 2 nitrogen and oxygen atoms in total. The van der Waals surface area contributed by atoms with Gasteiger partial charge in [-0.25, -0.2) is 0 Å². The van der Waals surface area contributed by atoms with Crippen LogP contribution < -0.4 is 5.46 Å². The van der Waals surface area contributed by atoms with Crippen molar-refractivity contribution < 1.29 is 10.0 Å². The maximum atomic E-state index is 9.06. The van der Waals surface area contributed by atoms with Gasteiger partial charge in [-0.2, -0.15) is 0 Å². The molecule has 0 spiro atoms. The molecule has 0 atom stereocenters. The lowest BCUT2D eigenvalue weighted by atomic mass is 9.79. The number of hydrogen-bond acceptors (Lipinski definition) is 2. The van der Waals surface area contributed by atoms with Gasteiger partial charge in [0.2, 0.25) is 0 Å². The first-order valence-corrected chi connectivity index (χ1v) is 5.09. The molecule has 0 aliphatic carbocycles. The zero-order valence-electron chi connectivity index (χ0n) is 7.61. The van der Waals surface area contributed by atoms with E-state index in [1.807, 2.05) is 0 Å². The van der Waals surface area contributed by atoms with Gasteiger partial charge in [0.25, 0.3) is 0 Å². The molecule has 0 aliphatic heterocycles. The molecule has 0 aliphatic rings. The van der Waals surface area contributed by atoms with Crippen molar-refractivity contribution in [2.45, 2.75) is 0 Å². The molecule has 0 unspecified atom stereocenters. The van der Waals surface area contributed by atoms with Crippen LogP contribution in [-0.4, -0.2) is 17.2 Å². The summed E-state index contributed by atoms with van der Waals surface area (Å²) in [6, 6.07) is 8.57. The van der Waals surface area contributed by atoms with Gasteiger partial charge in [0.15, 0.2) is 0 Å². The quantitative estimate of drug-likeness (QED) is 0.747. The summed E-state index contributed by atoms with van der Waals surface area (Å²) >= 11 is 11.9. The number of halogens is 2. The lowest BCUT2D eigenvalue weighted by molar-refractivity contribution is 0.426. The summed E-state index contributed by atoms with van der Waals surface area (Å²) in [5, 5.41) is 20.7. The predicted molar refractivity (Wildman–Crippen MR) is 63.8 cm³/mol. The molecule has 0 fully saturated rings. The molecule has 2 aromatic carbocycles. The number of hydrogen-bond donors (Lipinski definition) is 2. The fraction of sp³-hybridized carbons (Fsp3) is 0. The van der Waals surface area contributed by atoms with Gasteiger partial charge in [-0.15, -0.1) is 0 Å². The molecular formula is C10H7BCl2O2. The third-order valence-corrected chi connectivity index (χ3v) is 2.88. The normalized spacial score (nSPS) is 10.7. The molecule has 0 radical (unpaired) electrons. The second-order valence-corrected chi connectivity index (χ2v) is 4.02. The van der Waals surface area contributed by atoms with Gasteiger partial charge < -0.3 is 10.0 Å². The lowest BCUT2D eigenvalue weighted by Gasteiger charge is -2.06. The first-order chi connectivity index (χ1) is 7.09. The Labute approximate surface area is 97.2 Å². The zero-order valence-corrected chi connectivity index (χ0v) is 9.13. The van der Waals surface area contributed by atoms with E-state index >= 15 is 0 Å². The van der Waals surface area contributed by atoms with Crippen LogP contribution in [0.2, 0.25) is 10.0 Å². The third-order valence-electron chi connectivity index (χ3n) is 2.22. The van der Waals surface area contributed by atoms with Crippen molar-refractivity contribution in [1.29, 1.82) is 0 Å². The number of rotatable bonds is 1. The molecule has 5 heteroatoms. The maximum Gasteiger partial charge on any atom is 0.489 e. The molecule has 0 heterocycles. The summed E-state index contributed by atoms with van der Waals surface area (Å²) < 4.78 is 0. The van der Waals surface area contributed by atoms with Crippen LogP contribution in [-0.2, 0) is 0 Å². The van der Waals surface area contributed by atoms with E-state index in [0.717, 1.165) is 10.8 Å². The van der Waals surface area contributed by atoms with E-state index < -0.39 is 7.12 Å². The first-order valence-electron chi connectivity index (χ1n) is 4.33. The Morgan fingerprint density at radius 1 is 1.00 bits per heavy atom. The highest BCUT2D eigenvalue weighted by atomic mass is 35.5. The van der Waals surface area contributed by atoms with Crippen LogP contribution in [0.1, 0.15) is 0 Å². The van der Waals surface area contributed by atoms with Crippen LogP contribution in [0, 0.1) is 0 Å². The second-order valence-electron chi connectivity index (χ2n) is 3.21. The highest BCUT2D eigenvalue weighted by Gasteiger charge is 2.16. The second kappa shape index (κ2) is 4.03. The molecule has 2 N–H and O–H groups in total. The topological polar surface area (TPSA) is 40.5 Å². The average molecular weight is 241 g/mol. The molecule has 0 aromatic heterocycles. The Hall–Kier alpha value is -0.735. The van der Waals surface area contributed by atoms with Crippen molar-refractivity contribution in [1.82, 2.24) is 0 Å². The Morgan fingerprint density at radius 2 is 1.73 bits per heavy atom. The summed E-state index contributed by atoms with van der Waals surface area (Å²) in [4.78, 5) is 0. The largest absolute Gasteiger partial charge is 0.489 e. The number of benzene rings is 2. The van der Waals surface area contributed by atoms with Crippen molar-refractivity contribution in [2.75, 3.05) is 0 Å². The van der Waals surface area contributed by atoms with E-state index in [4.69, 9.17) is 33.2 Å². The van der Waals surface area contributed by atoms with E-state index in [2.05, 4.69) is 0 Å². The predicted octanol–water partition coefficient (Wildman–Crippen LogP) is 1.83. The minimum Gasteiger partial charge on any atom is -0.423 e. The van der Waals surface area contributed by atoms with Gasteiger partial charge >= 0.3 is 7.12 Å². The van der Waals surface area contributed by atoms with Crippen LogP contribution in [0.25, 0.3) is 10.8 Å². The molecule has 76 valence electrons. The fourth-order valence-corrected chi connectivity index (χ4v) is 1.99. The van der Waals surface area contributed by atoms with Gasteiger partial charge in [0.1, 0.15) is 0 Å². The van der Waals surface area contributed by atoms with Crippen LogP contribution in [0.5, 0.6) is 0 Å². The Balaban J connectivity index is 2.74. The van der Waals surface area contributed by atoms with E-state index in [-0.39, 0.29) is 0 Å². The first kappa shape index (κ1) is 10.8. The SMILES string of the molecule is OB(O)c1ccc2cc(Cl)ccc2c1Cl. The smallest absolute Gasteiger partial charge is 0.423 e. The van der Waals surface area contributed by atoms with Crippen molar-refractivity contribution in [3.63, 3.8) is 0 Å². The van der Waals surface area contributed by atoms with Gasteiger partial charge in [0, 0.05) is 20.9 Å². The average Bonchev–Trinajstić information content (AvgIpc) is 2.17. The molecule has 0 amide bonds. The molecule has 0 saturated carbocycles. The molecule has 0 bridgehead atoms. The highest BCUT2D eigenvalue weighted by molar-refractivity contribution is 6.63. The van der Waals surface area contributed by atoms with E-state index in [1.54, 1.807) is 30.3 Å². The van der Waals surface area contributed by atoms with Crippen LogP contribution in [0.3, 0.4) is 0 Å². The van der Waals surface area contributed by atoms with Crippen molar-refractivity contribution >= 4 is 46.6 Å². The summed E-state index contributed by atoms with van der Waals surface area (Å²) in [5.41, 5.74) is 0.298. The maximum absolute atomic E-state index is 9.06. The molecule has 2 aromatic rings. The lowest BCUT2D eigenvalue weighted by Crippen LogP contribution is -2.30. The van der Waals surface area contributed by atoms with Crippen molar-refractivity contribution in [3.05, 3.63) is 40.4 Å². The van der Waals surface area contributed by atoms with Gasteiger partial charge in [-0.3, -0.25) is 0 Å². The van der Waals surface area contributed by atoms with E-state index in [1.165, 1.54) is 0 Å². The number of fused-ring (bicyclic) bond motifs is 1. The van der Waals surface area contributed by atoms with Crippen LogP contribution in [0.4, 0.5) is 0 Å². The molecule has 0 saturated heterocycles. The minimum absolute atomic E-state index is 0.298. The molecule has 15 heavy (non-hydrogen) atoms. The zero-order chi connectivity index (χ0) is 11.0. The van der Waals surface area contributed by atoms with E-state index in [9.17, 15) is 0 Å². The Bertz CT molecular complexity index is 514. The molecule has 2 rings (SSSR count). The molecular weight excluding hydrogens is 234 g/mol. The van der Waals surface area contributed by atoms with Gasteiger partial charge in [-0.1, -0.05) is 41.4 Å². The van der Waals surface area contributed by atoms with Crippen molar-refractivity contribution in [3.8, 4) is 0 Å². The summed E-state index contributed by atoms with van der Waals surface area (Å²) in [5.74, 6) is 0. The van der Waals surface area contributed by atoms with Crippen LogP contribution >= 0.6 is 23.2 Å². The summed E-state index contributed by atoms with van der Waals surface area (Å²) in [7, 11) is -1.56. The monoisotopic (exact) mass is 240 g/mol. The summed E-state index contributed by atoms with van der Waals surface area (Å²) in [6.07, 6.45) is 0. The standard InChI is InChI=1S/C10H7BCl2O2/c12-7-2-3-8-6(5-7)1-4-9(10(8)13)11(14)15/h1-5,14-15H. The fourth-order valence-electron chi connectivity index (χ4n) is 1.48. The minimum atomic E-state index is -1.56.